The number of hydrogen-bond donors (Lipinski definition) is 0. The molecule has 4 rings (SSSR count). The summed E-state index contributed by atoms with van der Waals surface area (Å²) in [5.74, 6) is 0.607. The molecule has 0 aliphatic rings. The fourth-order valence-corrected chi connectivity index (χ4v) is 3.33. The van der Waals surface area contributed by atoms with Gasteiger partial charge in [0, 0.05) is 10.0 Å². The summed E-state index contributed by atoms with van der Waals surface area (Å²) in [6.07, 6.45) is 1.53. The highest BCUT2D eigenvalue weighted by Gasteiger charge is 2.11. The van der Waals surface area contributed by atoms with E-state index in [4.69, 9.17) is 0 Å². The van der Waals surface area contributed by atoms with Crippen LogP contribution in [0.2, 0.25) is 0 Å². The van der Waals surface area contributed by atoms with Gasteiger partial charge < -0.3 is 0 Å². The van der Waals surface area contributed by atoms with Crippen LogP contribution in [0.3, 0.4) is 0 Å². The molecular weight excluding hydrogens is 348 g/mol. The number of fused-ring (bicyclic) bond motifs is 1. The third kappa shape index (κ3) is 2.26. The van der Waals surface area contributed by atoms with Crippen molar-refractivity contribution in [1.29, 1.82) is 0 Å². The zero-order chi connectivity index (χ0) is 14.2. The highest BCUT2D eigenvalue weighted by Crippen LogP contribution is 2.29. The fraction of sp³-hybridized carbons (Fsp3) is 0. The summed E-state index contributed by atoms with van der Waals surface area (Å²) < 4.78 is 2.80. The lowest BCUT2D eigenvalue weighted by molar-refractivity contribution is 0.952. The molecule has 0 atom stereocenters. The monoisotopic (exact) mass is 356 g/mol. The van der Waals surface area contributed by atoms with E-state index in [0.717, 1.165) is 26.3 Å². The minimum atomic E-state index is 0.607. The van der Waals surface area contributed by atoms with Crippen molar-refractivity contribution in [3.8, 4) is 21.8 Å². The molecule has 3 heterocycles. The smallest absolute Gasteiger partial charge is 0.211 e. The van der Waals surface area contributed by atoms with Crippen LogP contribution >= 0.6 is 27.3 Å². The third-order valence-corrected chi connectivity index (χ3v) is 4.53. The summed E-state index contributed by atoms with van der Waals surface area (Å²) in [5, 5.41) is 6.32. The van der Waals surface area contributed by atoms with Crippen molar-refractivity contribution in [3.05, 3.63) is 58.6 Å². The minimum Gasteiger partial charge on any atom is -0.211 e. The van der Waals surface area contributed by atoms with E-state index >= 15 is 0 Å². The van der Waals surface area contributed by atoms with Gasteiger partial charge in [-0.25, -0.2) is 4.98 Å². The first kappa shape index (κ1) is 12.7. The molecule has 0 N–H and O–H groups in total. The highest BCUT2D eigenvalue weighted by atomic mass is 79.9. The van der Waals surface area contributed by atoms with Gasteiger partial charge in [0.25, 0.3) is 5.78 Å². The van der Waals surface area contributed by atoms with Crippen LogP contribution in [0.4, 0.5) is 0 Å². The van der Waals surface area contributed by atoms with Gasteiger partial charge in [-0.15, -0.1) is 11.3 Å². The summed E-state index contributed by atoms with van der Waals surface area (Å²) in [6.45, 7) is 0. The Bertz CT molecular complexity index is 914. The van der Waals surface area contributed by atoms with Crippen LogP contribution in [0.1, 0.15) is 0 Å². The van der Waals surface area contributed by atoms with E-state index in [2.05, 4.69) is 48.5 Å². The van der Waals surface area contributed by atoms with Crippen molar-refractivity contribution in [2.75, 3.05) is 0 Å². The number of aromatic nitrogens is 4. The van der Waals surface area contributed by atoms with Crippen LogP contribution in [0.5, 0.6) is 0 Å². The quantitative estimate of drug-likeness (QED) is 0.538. The molecule has 0 aliphatic heterocycles. The number of rotatable bonds is 2. The third-order valence-electron chi connectivity index (χ3n) is 3.15. The number of thiophene rings is 1. The Balaban J connectivity index is 1.99. The number of benzene rings is 1. The van der Waals surface area contributed by atoms with Crippen molar-refractivity contribution in [2.45, 2.75) is 0 Å². The van der Waals surface area contributed by atoms with Gasteiger partial charge in [-0.05, 0) is 29.6 Å². The minimum absolute atomic E-state index is 0.607. The first-order valence-corrected chi connectivity index (χ1v) is 7.99. The Morgan fingerprint density at radius 1 is 1.10 bits per heavy atom. The summed E-state index contributed by atoms with van der Waals surface area (Å²) in [7, 11) is 0. The van der Waals surface area contributed by atoms with E-state index in [-0.39, 0.29) is 0 Å². The Morgan fingerprint density at radius 3 is 2.86 bits per heavy atom. The van der Waals surface area contributed by atoms with Gasteiger partial charge in [0.05, 0.1) is 16.3 Å². The molecule has 21 heavy (non-hydrogen) atoms. The zero-order valence-corrected chi connectivity index (χ0v) is 13.2. The summed E-state index contributed by atoms with van der Waals surface area (Å²) >= 11 is 5.18. The maximum absolute atomic E-state index is 4.59. The SMILES string of the molecule is Brc1cccc(-c2cc(-c3cccs3)n3ncnc3n2)c1. The van der Waals surface area contributed by atoms with E-state index in [1.165, 1.54) is 6.33 Å². The Kier molecular flexibility index (Phi) is 3.05. The molecule has 0 fully saturated rings. The molecule has 0 saturated carbocycles. The molecule has 0 saturated heterocycles. The first-order valence-electron chi connectivity index (χ1n) is 6.32. The van der Waals surface area contributed by atoms with E-state index < -0.39 is 0 Å². The van der Waals surface area contributed by atoms with Crippen LogP contribution in [0, 0.1) is 0 Å². The number of nitrogens with zero attached hydrogens (tertiary/aromatic N) is 4. The summed E-state index contributed by atoms with van der Waals surface area (Å²) in [5.41, 5.74) is 2.94. The van der Waals surface area contributed by atoms with E-state index in [1.807, 2.05) is 30.3 Å². The molecule has 4 aromatic rings. The molecule has 0 radical (unpaired) electrons. The van der Waals surface area contributed by atoms with Gasteiger partial charge in [-0.1, -0.05) is 34.1 Å². The molecule has 102 valence electrons. The first-order chi connectivity index (χ1) is 10.3. The lowest BCUT2D eigenvalue weighted by atomic mass is 10.1. The molecule has 0 amide bonds. The predicted octanol–water partition coefficient (Wildman–Crippen LogP) is 4.28. The van der Waals surface area contributed by atoms with Crippen molar-refractivity contribution in [3.63, 3.8) is 0 Å². The molecule has 0 aliphatic carbocycles. The number of hydrogen-bond acceptors (Lipinski definition) is 4. The molecule has 0 unspecified atom stereocenters. The molecule has 0 bridgehead atoms. The van der Waals surface area contributed by atoms with Gasteiger partial charge in [0.2, 0.25) is 0 Å². The topological polar surface area (TPSA) is 43.1 Å². The predicted molar refractivity (Wildman–Crippen MR) is 87.2 cm³/mol. The Morgan fingerprint density at radius 2 is 2.05 bits per heavy atom. The Labute approximate surface area is 133 Å². The zero-order valence-electron chi connectivity index (χ0n) is 10.8. The second-order valence-electron chi connectivity index (χ2n) is 4.49. The van der Waals surface area contributed by atoms with Crippen molar-refractivity contribution in [2.24, 2.45) is 0 Å². The largest absolute Gasteiger partial charge is 0.253 e. The fourth-order valence-electron chi connectivity index (χ4n) is 2.21. The summed E-state index contributed by atoms with van der Waals surface area (Å²) in [4.78, 5) is 9.96. The standard InChI is InChI=1S/C15H9BrN4S/c16-11-4-1-3-10(7-11)12-8-13(14-5-2-6-21-14)20-15(19-12)17-9-18-20/h1-9H. The van der Waals surface area contributed by atoms with E-state index in [9.17, 15) is 0 Å². The molecule has 6 heteroatoms. The van der Waals surface area contributed by atoms with Crippen LogP contribution in [-0.2, 0) is 0 Å². The normalized spacial score (nSPS) is 11.1. The van der Waals surface area contributed by atoms with Gasteiger partial charge in [0.1, 0.15) is 6.33 Å². The second kappa shape index (κ2) is 5.05. The second-order valence-corrected chi connectivity index (χ2v) is 6.35. The molecule has 3 aromatic heterocycles. The molecular formula is C15H9BrN4S. The van der Waals surface area contributed by atoms with Gasteiger partial charge >= 0.3 is 0 Å². The van der Waals surface area contributed by atoms with Crippen molar-refractivity contribution >= 4 is 33.0 Å². The summed E-state index contributed by atoms with van der Waals surface area (Å²) in [6, 6.07) is 14.2. The van der Waals surface area contributed by atoms with Crippen LogP contribution in [-0.4, -0.2) is 19.6 Å². The van der Waals surface area contributed by atoms with Crippen LogP contribution in [0.15, 0.2) is 58.6 Å². The molecule has 0 spiro atoms. The highest BCUT2D eigenvalue weighted by molar-refractivity contribution is 9.10. The van der Waals surface area contributed by atoms with Gasteiger partial charge in [-0.2, -0.15) is 14.6 Å². The molecule has 1 aromatic carbocycles. The van der Waals surface area contributed by atoms with Crippen LogP contribution in [0.25, 0.3) is 27.6 Å². The number of halogens is 1. The lowest BCUT2D eigenvalue weighted by Crippen LogP contribution is -1.97. The van der Waals surface area contributed by atoms with Crippen molar-refractivity contribution in [1.82, 2.24) is 19.6 Å². The van der Waals surface area contributed by atoms with Crippen LogP contribution < -0.4 is 0 Å². The maximum Gasteiger partial charge on any atom is 0.253 e. The van der Waals surface area contributed by atoms with E-state index in [1.54, 1.807) is 15.9 Å². The average molecular weight is 357 g/mol. The van der Waals surface area contributed by atoms with Crippen molar-refractivity contribution < 1.29 is 0 Å². The van der Waals surface area contributed by atoms with E-state index in [0.29, 0.717) is 5.78 Å². The lowest BCUT2D eigenvalue weighted by Gasteiger charge is -2.06. The maximum atomic E-state index is 4.59. The molecule has 4 nitrogen and oxygen atoms in total. The van der Waals surface area contributed by atoms with Gasteiger partial charge in [0.15, 0.2) is 0 Å². The van der Waals surface area contributed by atoms with Gasteiger partial charge in [-0.3, -0.25) is 0 Å². The average Bonchev–Trinajstić information content (AvgIpc) is 3.17. The Hall–Kier alpha value is -2.05.